The van der Waals surface area contributed by atoms with E-state index in [0.29, 0.717) is 17.1 Å². The highest BCUT2D eigenvalue weighted by molar-refractivity contribution is 6.31. The zero-order chi connectivity index (χ0) is 8.97. The summed E-state index contributed by atoms with van der Waals surface area (Å²) in [5.41, 5.74) is 0.543. The summed E-state index contributed by atoms with van der Waals surface area (Å²) >= 11 is 5.79. The van der Waals surface area contributed by atoms with Gasteiger partial charge in [0.25, 0.3) is 0 Å². The van der Waals surface area contributed by atoms with E-state index < -0.39 is 0 Å². The van der Waals surface area contributed by atoms with E-state index in [1.807, 2.05) is 6.92 Å². The normalized spacial score (nSPS) is 9.46. The Bertz CT molecular complexity index is 246. The lowest BCUT2D eigenvalue weighted by molar-refractivity contribution is 0.593. The summed E-state index contributed by atoms with van der Waals surface area (Å²) in [6.45, 7) is 3.27. The molecule has 4 heteroatoms. The molecule has 0 aliphatic carbocycles. The molecule has 0 heterocycles. The zero-order valence-electron chi connectivity index (χ0n) is 7.61. The van der Waals surface area contributed by atoms with Gasteiger partial charge in [-0.3, -0.25) is 0 Å². The quantitative estimate of drug-likeness (QED) is 0.796. The number of nitrogens with one attached hydrogen (secondary N) is 1. The molecule has 0 aliphatic rings. The molecule has 13 heavy (non-hydrogen) atoms. The van der Waals surface area contributed by atoms with Crippen molar-refractivity contribution in [3.8, 4) is 0 Å². The van der Waals surface area contributed by atoms with E-state index in [1.165, 1.54) is 6.07 Å². The lowest BCUT2D eigenvalue weighted by Crippen LogP contribution is -2.13. The summed E-state index contributed by atoms with van der Waals surface area (Å²) in [5.74, 6) is -0.247. The maximum atomic E-state index is 13.0. The lowest BCUT2D eigenvalue weighted by Gasteiger charge is -2.05. The molecule has 74 valence electrons. The third kappa shape index (κ3) is 3.30. The lowest BCUT2D eigenvalue weighted by atomic mass is 10.2. The third-order valence-electron chi connectivity index (χ3n) is 1.61. The first-order chi connectivity index (χ1) is 5.75. The van der Waals surface area contributed by atoms with Gasteiger partial charge in [-0.25, -0.2) is 4.39 Å². The van der Waals surface area contributed by atoms with Crippen molar-refractivity contribution in [2.24, 2.45) is 0 Å². The molecule has 0 unspecified atom stereocenters. The minimum atomic E-state index is -0.247. The molecule has 0 aliphatic heterocycles. The molecular formula is C9H14ClFN2. The van der Waals surface area contributed by atoms with E-state index >= 15 is 0 Å². The van der Waals surface area contributed by atoms with Crippen molar-refractivity contribution in [2.45, 2.75) is 13.5 Å². The van der Waals surface area contributed by atoms with Crippen LogP contribution in [0.25, 0.3) is 0 Å². The molecule has 0 aromatic heterocycles. The fourth-order valence-electron chi connectivity index (χ4n) is 0.951. The molecule has 0 radical (unpaired) electrons. The molecule has 1 aromatic carbocycles. The van der Waals surface area contributed by atoms with Crippen LogP contribution in [-0.4, -0.2) is 6.54 Å². The highest BCUT2D eigenvalue weighted by Gasteiger charge is 2.04. The molecule has 0 fully saturated rings. The van der Waals surface area contributed by atoms with E-state index in [2.05, 4.69) is 5.32 Å². The summed E-state index contributed by atoms with van der Waals surface area (Å²) in [6, 6.07) is 4.71. The minimum absolute atomic E-state index is 0. The van der Waals surface area contributed by atoms with E-state index in [4.69, 9.17) is 11.6 Å². The minimum Gasteiger partial charge on any atom is -0.344 e. The van der Waals surface area contributed by atoms with E-state index in [-0.39, 0.29) is 12.0 Å². The Morgan fingerprint density at radius 2 is 2.15 bits per heavy atom. The van der Waals surface area contributed by atoms with Gasteiger partial charge >= 0.3 is 0 Å². The molecule has 0 amide bonds. The van der Waals surface area contributed by atoms with Crippen molar-refractivity contribution in [3.63, 3.8) is 0 Å². The Morgan fingerprint density at radius 3 is 2.69 bits per heavy atom. The second-order valence-electron chi connectivity index (χ2n) is 2.48. The van der Waals surface area contributed by atoms with Gasteiger partial charge in [0, 0.05) is 17.1 Å². The topological polar surface area (TPSA) is 47.0 Å². The van der Waals surface area contributed by atoms with Gasteiger partial charge in [-0.15, -0.1) is 0 Å². The van der Waals surface area contributed by atoms with Crippen molar-refractivity contribution in [1.82, 2.24) is 11.5 Å². The number of rotatable bonds is 3. The number of benzene rings is 1. The van der Waals surface area contributed by atoms with E-state index in [9.17, 15) is 4.39 Å². The van der Waals surface area contributed by atoms with Gasteiger partial charge in [0.05, 0.1) is 0 Å². The van der Waals surface area contributed by atoms with E-state index in [0.717, 1.165) is 6.54 Å². The highest BCUT2D eigenvalue weighted by atomic mass is 35.5. The SMILES string of the molecule is CCNCc1c(F)cccc1Cl.N. The Morgan fingerprint density at radius 1 is 1.46 bits per heavy atom. The number of halogens is 2. The molecule has 0 bridgehead atoms. The second-order valence-corrected chi connectivity index (χ2v) is 2.89. The molecule has 0 atom stereocenters. The van der Waals surface area contributed by atoms with Crippen LogP contribution in [0.2, 0.25) is 5.02 Å². The van der Waals surface area contributed by atoms with Crippen LogP contribution >= 0.6 is 11.6 Å². The standard InChI is InChI=1S/C9H11ClFN.H3N/c1-2-12-6-7-8(10)4-3-5-9(7)11;/h3-5,12H,2,6H2,1H3;1H3. The van der Waals surface area contributed by atoms with Gasteiger partial charge in [0.15, 0.2) is 0 Å². The molecule has 1 aromatic rings. The number of hydrogen-bond donors (Lipinski definition) is 2. The predicted octanol–water partition coefficient (Wildman–Crippen LogP) is 2.75. The maximum absolute atomic E-state index is 13.0. The van der Waals surface area contributed by atoms with Crippen molar-refractivity contribution in [1.29, 1.82) is 0 Å². The average molecular weight is 205 g/mol. The van der Waals surface area contributed by atoms with Crippen LogP contribution in [0.1, 0.15) is 12.5 Å². The molecule has 2 nitrogen and oxygen atoms in total. The summed E-state index contributed by atoms with van der Waals surface area (Å²) < 4.78 is 13.0. The molecule has 1 rings (SSSR count). The first-order valence-corrected chi connectivity index (χ1v) is 4.27. The zero-order valence-corrected chi connectivity index (χ0v) is 8.37. The maximum Gasteiger partial charge on any atom is 0.129 e. The van der Waals surface area contributed by atoms with Crippen LogP contribution in [0.3, 0.4) is 0 Å². The third-order valence-corrected chi connectivity index (χ3v) is 1.97. The molecule has 0 saturated carbocycles. The Labute approximate surface area is 82.7 Å². The van der Waals surface area contributed by atoms with Gasteiger partial charge in [0.2, 0.25) is 0 Å². The monoisotopic (exact) mass is 204 g/mol. The van der Waals surface area contributed by atoms with Crippen LogP contribution in [0.5, 0.6) is 0 Å². The Balaban J connectivity index is 0.00000144. The summed E-state index contributed by atoms with van der Waals surface area (Å²) in [7, 11) is 0. The Hall–Kier alpha value is -0.640. The number of hydrogen-bond acceptors (Lipinski definition) is 2. The van der Waals surface area contributed by atoms with Crippen molar-refractivity contribution in [2.75, 3.05) is 6.54 Å². The van der Waals surface area contributed by atoms with Crippen molar-refractivity contribution < 1.29 is 4.39 Å². The first-order valence-electron chi connectivity index (χ1n) is 3.89. The van der Waals surface area contributed by atoms with Gasteiger partial charge in [-0.05, 0) is 18.7 Å². The van der Waals surface area contributed by atoms with Crippen LogP contribution in [0, 0.1) is 5.82 Å². The fraction of sp³-hybridized carbons (Fsp3) is 0.333. The van der Waals surface area contributed by atoms with Gasteiger partial charge < -0.3 is 11.5 Å². The largest absolute Gasteiger partial charge is 0.344 e. The molecule has 0 spiro atoms. The summed E-state index contributed by atoms with van der Waals surface area (Å²) in [4.78, 5) is 0. The second kappa shape index (κ2) is 5.91. The van der Waals surface area contributed by atoms with Crippen molar-refractivity contribution >= 4 is 11.6 Å². The van der Waals surface area contributed by atoms with Gasteiger partial charge in [-0.1, -0.05) is 24.6 Å². The van der Waals surface area contributed by atoms with Gasteiger partial charge in [0.1, 0.15) is 5.82 Å². The fourth-order valence-corrected chi connectivity index (χ4v) is 1.18. The summed E-state index contributed by atoms with van der Waals surface area (Å²) in [5, 5.41) is 3.50. The summed E-state index contributed by atoms with van der Waals surface area (Å²) in [6.07, 6.45) is 0. The van der Waals surface area contributed by atoms with Crippen LogP contribution in [0.4, 0.5) is 4.39 Å². The molecular weight excluding hydrogens is 191 g/mol. The first kappa shape index (κ1) is 12.4. The van der Waals surface area contributed by atoms with Crippen LogP contribution in [-0.2, 0) is 6.54 Å². The van der Waals surface area contributed by atoms with Crippen LogP contribution < -0.4 is 11.5 Å². The predicted molar refractivity (Wildman–Crippen MR) is 53.8 cm³/mol. The smallest absolute Gasteiger partial charge is 0.129 e. The van der Waals surface area contributed by atoms with Gasteiger partial charge in [-0.2, -0.15) is 0 Å². The highest BCUT2D eigenvalue weighted by Crippen LogP contribution is 2.18. The molecule has 0 saturated heterocycles. The van der Waals surface area contributed by atoms with Crippen molar-refractivity contribution in [3.05, 3.63) is 34.6 Å². The van der Waals surface area contributed by atoms with E-state index in [1.54, 1.807) is 12.1 Å². The molecule has 4 N–H and O–H groups in total. The Kier molecular flexibility index (Phi) is 5.62. The van der Waals surface area contributed by atoms with Crippen LogP contribution in [0.15, 0.2) is 18.2 Å². The average Bonchev–Trinajstić information content (AvgIpc) is 2.04.